The van der Waals surface area contributed by atoms with Crippen molar-refractivity contribution in [2.24, 2.45) is 0 Å². The van der Waals surface area contributed by atoms with Gasteiger partial charge in [-0.1, -0.05) is 18.2 Å². The topological polar surface area (TPSA) is 92.3 Å². The summed E-state index contributed by atoms with van der Waals surface area (Å²) in [7, 11) is 0. The van der Waals surface area contributed by atoms with Gasteiger partial charge in [0.15, 0.2) is 18.1 Å². The van der Waals surface area contributed by atoms with Gasteiger partial charge in [-0.15, -0.1) is 0 Å². The summed E-state index contributed by atoms with van der Waals surface area (Å²) in [5.74, 6) is 1.03. The molecule has 6 heteroatoms. The SMILES string of the molecule is N#CCOc1ccccc1/C=C(\C#N)C(=O)c1ccc2c(c1)OCO2. The number of Topliss-reactive ketones (excluding diaryl/α,β-unsaturated/α-hetero) is 1. The summed E-state index contributed by atoms with van der Waals surface area (Å²) in [5.41, 5.74) is 0.822. The molecule has 0 saturated heterocycles. The van der Waals surface area contributed by atoms with E-state index < -0.39 is 5.78 Å². The van der Waals surface area contributed by atoms with Gasteiger partial charge in [0.2, 0.25) is 12.6 Å². The molecule has 0 aromatic heterocycles. The van der Waals surface area contributed by atoms with Crippen LogP contribution in [0.2, 0.25) is 0 Å². The highest BCUT2D eigenvalue weighted by molar-refractivity contribution is 6.14. The van der Waals surface area contributed by atoms with Crippen molar-refractivity contribution in [2.45, 2.75) is 0 Å². The van der Waals surface area contributed by atoms with Crippen molar-refractivity contribution in [3.05, 3.63) is 59.2 Å². The Labute approximate surface area is 144 Å². The summed E-state index contributed by atoms with van der Waals surface area (Å²) in [6.07, 6.45) is 1.44. The van der Waals surface area contributed by atoms with E-state index in [-0.39, 0.29) is 19.0 Å². The second-order valence-electron chi connectivity index (χ2n) is 5.05. The first-order chi connectivity index (χ1) is 12.2. The second kappa shape index (κ2) is 7.20. The normalized spacial score (nSPS) is 12.2. The highest BCUT2D eigenvalue weighted by Crippen LogP contribution is 2.33. The van der Waals surface area contributed by atoms with Crippen LogP contribution in [-0.4, -0.2) is 19.2 Å². The summed E-state index contributed by atoms with van der Waals surface area (Å²) >= 11 is 0. The van der Waals surface area contributed by atoms with Crippen LogP contribution in [0, 0.1) is 22.7 Å². The number of carbonyl (C=O) groups is 1. The first-order valence-corrected chi connectivity index (χ1v) is 7.38. The van der Waals surface area contributed by atoms with E-state index in [2.05, 4.69) is 0 Å². The Morgan fingerprint density at radius 2 is 1.96 bits per heavy atom. The molecular weight excluding hydrogens is 320 g/mol. The molecule has 1 aliphatic rings. The number of carbonyl (C=O) groups excluding carboxylic acids is 1. The number of rotatable bonds is 5. The molecule has 1 heterocycles. The molecule has 0 bridgehead atoms. The minimum atomic E-state index is -0.434. The number of para-hydroxylation sites is 1. The van der Waals surface area contributed by atoms with Crippen LogP contribution in [0.15, 0.2) is 48.0 Å². The molecule has 0 radical (unpaired) electrons. The van der Waals surface area contributed by atoms with Crippen molar-refractivity contribution in [1.82, 2.24) is 0 Å². The number of fused-ring (bicyclic) bond motifs is 1. The molecule has 25 heavy (non-hydrogen) atoms. The van der Waals surface area contributed by atoms with Crippen LogP contribution in [0.5, 0.6) is 17.2 Å². The lowest BCUT2D eigenvalue weighted by Gasteiger charge is -2.06. The monoisotopic (exact) mass is 332 g/mol. The van der Waals surface area contributed by atoms with Crippen LogP contribution in [0.3, 0.4) is 0 Å². The summed E-state index contributed by atoms with van der Waals surface area (Å²) in [5, 5.41) is 18.0. The first-order valence-electron chi connectivity index (χ1n) is 7.38. The Hall–Kier alpha value is -3.77. The maximum atomic E-state index is 12.6. The second-order valence-corrected chi connectivity index (χ2v) is 5.05. The van der Waals surface area contributed by atoms with Gasteiger partial charge in [-0.3, -0.25) is 4.79 Å². The van der Waals surface area contributed by atoms with Gasteiger partial charge in [0.25, 0.3) is 0 Å². The number of nitriles is 2. The molecule has 1 aliphatic heterocycles. The highest BCUT2D eigenvalue weighted by atomic mass is 16.7. The van der Waals surface area contributed by atoms with E-state index in [4.69, 9.17) is 19.5 Å². The molecule has 6 nitrogen and oxygen atoms in total. The van der Waals surface area contributed by atoms with Gasteiger partial charge < -0.3 is 14.2 Å². The minimum absolute atomic E-state index is 0.0492. The third kappa shape index (κ3) is 3.44. The Bertz CT molecular complexity index is 935. The third-order valence-corrected chi connectivity index (χ3v) is 3.51. The Kier molecular flexibility index (Phi) is 4.64. The molecule has 122 valence electrons. The van der Waals surface area contributed by atoms with E-state index in [0.717, 1.165) is 0 Å². The lowest BCUT2D eigenvalue weighted by molar-refractivity contribution is 0.103. The van der Waals surface area contributed by atoms with Gasteiger partial charge in [-0.25, -0.2) is 0 Å². The molecular formula is C19H12N2O4. The lowest BCUT2D eigenvalue weighted by atomic mass is 10.0. The quantitative estimate of drug-likeness (QED) is 0.474. The van der Waals surface area contributed by atoms with Gasteiger partial charge in [-0.05, 0) is 30.3 Å². The highest BCUT2D eigenvalue weighted by Gasteiger charge is 2.19. The summed E-state index contributed by atoms with van der Waals surface area (Å²) in [6.45, 7) is -0.0135. The molecule has 3 rings (SSSR count). The molecule has 2 aromatic rings. The first kappa shape index (κ1) is 16.1. The molecule has 0 aliphatic carbocycles. The van der Waals surface area contributed by atoms with Gasteiger partial charge in [0.1, 0.15) is 23.5 Å². The van der Waals surface area contributed by atoms with Gasteiger partial charge in [-0.2, -0.15) is 10.5 Å². The zero-order valence-electron chi connectivity index (χ0n) is 13.1. The van der Waals surface area contributed by atoms with Crippen LogP contribution < -0.4 is 14.2 Å². The molecule has 0 spiro atoms. The molecule has 0 atom stereocenters. The smallest absolute Gasteiger partial charge is 0.231 e. The number of nitrogens with zero attached hydrogens (tertiary/aromatic N) is 2. The molecule has 0 amide bonds. The van der Waals surface area contributed by atoms with Crippen molar-refractivity contribution in [2.75, 3.05) is 13.4 Å². The fraction of sp³-hybridized carbons (Fsp3) is 0.105. The Morgan fingerprint density at radius 1 is 1.16 bits per heavy atom. The number of allylic oxidation sites excluding steroid dienone is 1. The minimum Gasteiger partial charge on any atom is -0.478 e. The average Bonchev–Trinajstić information content (AvgIpc) is 3.12. The largest absolute Gasteiger partial charge is 0.478 e. The molecule has 2 aromatic carbocycles. The van der Waals surface area contributed by atoms with Crippen molar-refractivity contribution >= 4 is 11.9 Å². The number of hydrogen-bond donors (Lipinski definition) is 0. The van der Waals surface area contributed by atoms with Crippen LogP contribution in [0.4, 0.5) is 0 Å². The van der Waals surface area contributed by atoms with Crippen LogP contribution in [-0.2, 0) is 0 Å². The van der Waals surface area contributed by atoms with Gasteiger partial charge in [0, 0.05) is 11.1 Å². The maximum Gasteiger partial charge on any atom is 0.231 e. The Balaban J connectivity index is 1.92. The van der Waals surface area contributed by atoms with Crippen LogP contribution in [0.25, 0.3) is 6.08 Å². The fourth-order valence-electron chi connectivity index (χ4n) is 2.34. The van der Waals surface area contributed by atoms with Crippen molar-refractivity contribution in [3.8, 4) is 29.4 Å². The fourth-order valence-corrected chi connectivity index (χ4v) is 2.34. The number of ether oxygens (including phenoxy) is 3. The van der Waals surface area contributed by atoms with E-state index in [1.807, 2.05) is 12.1 Å². The predicted octanol–water partition coefficient (Wildman–Crippen LogP) is 3.11. The van der Waals surface area contributed by atoms with Gasteiger partial charge in [0.05, 0.1) is 0 Å². The summed E-state index contributed by atoms with van der Waals surface area (Å²) in [6, 6.07) is 15.4. The van der Waals surface area contributed by atoms with E-state index in [1.165, 1.54) is 6.08 Å². The third-order valence-electron chi connectivity index (χ3n) is 3.51. The number of benzene rings is 2. The van der Waals surface area contributed by atoms with Crippen LogP contribution >= 0.6 is 0 Å². The van der Waals surface area contributed by atoms with E-state index in [9.17, 15) is 10.1 Å². The lowest BCUT2D eigenvalue weighted by Crippen LogP contribution is -2.02. The van der Waals surface area contributed by atoms with E-state index in [0.29, 0.717) is 28.4 Å². The van der Waals surface area contributed by atoms with E-state index in [1.54, 1.807) is 42.5 Å². The van der Waals surface area contributed by atoms with Crippen molar-refractivity contribution in [3.63, 3.8) is 0 Å². The standard InChI is InChI=1S/C19H12N2O4/c20-7-8-23-16-4-2-1-3-13(16)9-15(11-21)19(22)14-5-6-17-18(10-14)25-12-24-17/h1-6,9-10H,8,12H2/b15-9+. The zero-order valence-corrected chi connectivity index (χ0v) is 13.1. The summed E-state index contributed by atoms with van der Waals surface area (Å²) < 4.78 is 15.8. The zero-order chi connectivity index (χ0) is 17.6. The molecule has 0 saturated carbocycles. The number of hydrogen-bond acceptors (Lipinski definition) is 6. The average molecular weight is 332 g/mol. The predicted molar refractivity (Wildman–Crippen MR) is 88.0 cm³/mol. The summed E-state index contributed by atoms with van der Waals surface area (Å²) in [4.78, 5) is 12.6. The Morgan fingerprint density at radius 3 is 2.76 bits per heavy atom. The van der Waals surface area contributed by atoms with Gasteiger partial charge >= 0.3 is 0 Å². The molecule has 0 N–H and O–H groups in total. The maximum absolute atomic E-state index is 12.6. The molecule has 0 fully saturated rings. The van der Waals surface area contributed by atoms with Crippen molar-refractivity contribution in [1.29, 1.82) is 10.5 Å². The number of ketones is 1. The van der Waals surface area contributed by atoms with Crippen molar-refractivity contribution < 1.29 is 19.0 Å². The van der Waals surface area contributed by atoms with E-state index >= 15 is 0 Å². The van der Waals surface area contributed by atoms with Crippen LogP contribution in [0.1, 0.15) is 15.9 Å². The molecule has 0 unspecified atom stereocenters.